The predicted molar refractivity (Wildman–Crippen MR) is 157 cm³/mol. The van der Waals surface area contributed by atoms with Crippen LogP contribution in [0, 0.1) is 0 Å². The van der Waals surface area contributed by atoms with Gasteiger partial charge in [0.1, 0.15) is 54.9 Å². The van der Waals surface area contributed by atoms with E-state index in [-0.39, 0.29) is 0 Å². The van der Waals surface area contributed by atoms with Gasteiger partial charge in [0.2, 0.25) is 0 Å². The summed E-state index contributed by atoms with van der Waals surface area (Å²) in [6.07, 6.45) is -30.3. The Kier molecular flexibility index (Phi) is 13.5. The van der Waals surface area contributed by atoms with Gasteiger partial charge in [0.15, 0.2) is 43.5 Å². The van der Waals surface area contributed by atoms with Crippen molar-refractivity contribution in [2.24, 2.45) is 0 Å². The second-order valence-electron chi connectivity index (χ2n) is 12.8. The molecule has 0 aromatic carbocycles. The highest BCUT2D eigenvalue weighted by Gasteiger charge is 2.57. The van der Waals surface area contributed by atoms with Gasteiger partial charge in [-0.1, -0.05) is 0 Å². The van der Waals surface area contributed by atoms with Gasteiger partial charge in [-0.3, -0.25) is 14.4 Å². The minimum Gasteiger partial charge on any atom is -0.457 e. The minimum absolute atomic E-state index is 0.792. The Morgan fingerprint density at radius 2 is 0.820 bits per heavy atom. The molecule has 288 valence electrons. The third-order valence-corrected chi connectivity index (χ3v) is 8.87. The Bertz CT molecular complexity index is 1160. The van der Waals surface area contributed by atoms with Crippen molar-refractivity contribution in [3.8, 4) is 0 Å². The number of aliphatic hydroxyl groups excluding tert-OH is 7. The van der Waals surface area contributed by atoms with E-state index in [1.807, 2.05) is 0 Å². The molecule has 20 nitrogen and oxygen atoms in total. The fourth-order valence-corrected chi connectivity index (χ4v) is 6.28. The van der Waals surface area contributed by atoms with E-state index < -0.39 is 141 Å². The lowest BCUT2D eigenvalue weighted by atomic mass is 9.95. The summed E-state index contributed by atoms with van der Waals surface area (Å²) < 4.78 is 56.7. The summed E-state index contributed by atoms with van der Waals surface area (Å²) in [7, 11) is 0. The molecule has 4 aliphatic heterocycles. The Morgan fingerprint density at radius 1 is 0.400 bits per heavy atom. The highest BCUT2D eigenvalue weighted by molar-refractivity contribution is 5.67. The fraction of sp³-hybridized carbons (Fsp3) is 0.900. The number of ether oxygens (including phenoxy) is 10. The van der Waals surface area contributed by atoms with E-state index in [9.17, 15) is 50.1 Å². The van der Waals surface area contributed by atoms with Gasteiger partial charge < -0.3 is 83.1 Å². The molecule has 50 heavy (non-hydrogen) atoms. The molecule has 7 N–H and O–H groups in total. The van der Waals surface area contributed by atoms with Crippen LogP contribution in [0.2, 0.25) is 0 Å². The van der Waals surface area contributed by atoms with Crippen LogP contribution in [0.3, 0.4) is 0 Å². The van der Waals surface area contributed by atoms with Gasteiger partial charge in [0, 0.05) is 20.8 Å². The zero-order valence-electron chi connectivity index (χ0n) is 28.5. The first-order chi connectivity index (χ1) is 23.3. The molecular formula is C30H48O20. The standard InChI is InChI=1S/C30H48O20/c1-8-15(34)17(36)18(37)28(42-8)49-24-20(39)29(43-10(3)21(24)45-12(5)31)50-25-22(46-13(6)32)11(4)44-30(26(25)47-14(7)33)48-23-16(35)9(2)41-27(40)19(23)38/h8-11,15-30,34-40H,1-7H3/t8-,9-,10-,11-,15-,16-,17+,18+,19+,20+,21-,22-,23+,24-,25+,26+,27+,28-,29-,30-/m0/s1. The lowest BCUT2D eigenvalue weighted by molar-refractivity contribution is -0.384. The first-order valence-corrected chi connectivity index (χ1v) is 16.2. The van der Waals surface area contributed by atoms with Crippen LogP contribution in [0.5, 0.6) is 0 Å². The molecule has 0 unspecified atom stereocenters. The average Bonchev–Trinajstić information content (AvgIpc) is 3.02. The Labute approximate surface area is 286 Å². The van der Waals surface area contributed by atoms with Crippen molar-refractivity contribution in [2.75, 3.05) is 0 Å². The van der Waals surface area contributed by atoms with E-state index in [0.29, 0.717) is 0 Å². The largest absolute Gasteiger partial charge is 0.457 e. The van der Waals surface area contributed by atoms with Crippen LogP contribution in [0.25, 0.3) is 0 Å². The number of aliphatic hydroxyl groups is 7. The molecule has 0 aliphatic carbocycles. The third-order valence-electron chi connectivity index (χ3n) is 8.87. The molecule has 0 radical (unpaired) electrons. The normalized spacial score (nSPS) is 48.4. The molecule has 4 rings (SSSR count). The summed E-state index contributed by atoms with van der Waals surface area (Å²) >= 11 is 0. The number of rotatable bonds is 9. The van der Waals surface area contributed by atoms with Crippen molar-refractivity contribution in [3.63, 3.8) is 0 Å². The molecule has 20 atom stereocenters. The van der Waals surface area contributed by atoms with Crippen molar-refractivity contribution < 1.29 is 97.5 Å². The average molecular weight is 729 g/mol. The van der Waals surface area contributed by atoms with Crippen LogP contribution in [0.1, 0.15) is 48.5 Å². The van der Waals surface area contributed by atoms with Crippen LogP contribution >= 0.6 is 0 Å². The van der Waals surface area contributed by atoms with E-state index in [1.165, 1.54) is 27.7 Å². The van der Waals surface area contributed by atoms with Crippen LogP contribution in [-0.2, 0) is 61.8 Å². The van der Waals surface area contributed by atoms with E-state index in [4.69, 9.17) is 47.4 Å². The van der Waals surface area contributed by atoms with Gasteiger partial charge in [-0.2, -0.15) is 0 Å². The van der Waals surface area contributed by atoms with Gasteiger partial charge in [-0.15, -0.1) is 0 Å². The Morgan fingerprint density at radius 3 is 1.38 bits per heavy atom. The van der Waals surface area contributed by atoms with Crippen LogP contribution < -0.4 is 0 Å². The summed E-state index contributed by atoms with van der Waals surface area (Å²) in [6.45, 7) is 8.94. The molecule has 0 amide bonds. The number of hydrogen-bond donors (Lipinski definition) is 7. The first-order valence-electron chi connectivity index (χ1n) is 16.2. The SMILES string of the molecule is CC(=O)O[C@@H]1[C@@H](O[C@@H]2O[C@@H](C)[C@H](OC(C)=O)[C@@H](O[C@@H]3O[C@@H](C)[C@H](O)[C@@H](O)[C@H]3O)[C@H]2O)[C@@H](OC(C)=O)[C@H](O[C@@H]2[C@@H](O)[C@H](C)O[C@@H](O)[C@@H]2O)O[C@H]1C. The molecule has 0 spiro atoms. The van der Waals surface area contributed by atoms with Gasteiger partial charge in [0.05, 0.1) is 24.4 Å². The maximum absolute atomic E-state index is 12.4. The molecule has 0 aromatic heterocycles. The summed E-state index contributed by atoms with van der Waals surface area (Å²) in [4.78, 5) is 36.7. The quantitative estimate of drug-likeness (QED) is 0.0881. The molecule has 4 fully saturated rings. The first kappa shape index (κ1) is 40.6. The predicted octanol–water partition coefficient (Wildman–Crippen LogP) is -3.93. The maximum atomic E-state index is 12.4. The molecular weight excluding hydrogens is 680 g/mol. The second-order valence-corrected chi connectivity index (χ2v) is 12.8. The zero-order chi connectivity index (χ0) is 37.4. The van der Waals surface area contributed by atoms with Crippen LogP contribution in [0.4, 0.5) is 0 Å². The maximum Gasteiger partial charge on any atom is 0.303 e. The summed E-state index contributed by atoms with van der Waals surface area (Å²) in [5.41, 5.74) is 0. The van der Waals surface area contributed by atoms with Crippen LogP contribution in [0.15, 0.2) is 0 Å². The van der Waals surface area contributed by atoms with E-state index in [1.54, 1.807) is 0 Å². The molecule has 20 heteroatoms. The van der Waals surface area contributed by atoms with E-state index in [2.05, 4.69) is 0 Å². The number of hydrogen-bond acceptors (Lipinski definition) is 20. The van der Waals surface area contributed by atoms with E-state index >= 15 is 0 Å². The van der Waals surface area contributed by atoms with Gasteiger partial charge >= 0.3 is 17.9 Å². The van der Waals surface area contributed by atoms with Gasteiger partial charge in [-0.05, 0) is 27.7 Å². The monoisotopic (exact) mass is 728 g/mol. The van der Waals surface area contributed by atoms with E-state index in [0.717, 1.165) is 20.8 Å². The van der Waals surface area contributed by atoms with Crippen molar-refractivity contribution in [3.05, 3.63) is 0 Å². The second kappa shape index (κ2) is 16.7. The molecule has 4 heterocycles. The third kappa shape index (κ3) is 8.89. The number of carbonyl (C=O) groups excluding carboxylic acids is 3. The highest BCUT2D eigenvalue weighted by atomic mass is 16.8. The lowest BCUT2D eigenvalue weighted by Crippen LogP contribution is -2.67. The van der Waals surface area contributed by atoms with Gasteiger partial charge in [0.25, 0.3) is 0 Å². The van der Waals surface area contributed by atoms with Gasteiger partial charge in [-0.25, -0.2) is 0 Å². The molecule has 4 aliphatic rings. The summed E-state index contributed by atoms with van der Waals surface area (Å²) in [5, 5.41) is 74.1. The van der Waals surface area contributed by atoms with Crippen LogP contribution in [-0.4, -0.2) is 176 Å². The number of esters is 3. The summed E-state index contributed by atoms with van der Waals surface area (Å²) in [6, 6.07) is 0. The minimum atomic E-state index is -1.89. The topological polar surface area (TPSA) is 285 Å². The molecule has 0 saturated carbocycles. The zero-order valence-corrected chi connectivity index (χ0v) is 28.5. The smallest absolute Gasteiger partial charge is 0.303 e. The Hall–Kier alpha value is -2.15. The van der Waals surface area contributed by atoms with Crippen molar-refractivity contribution in [1.82, 2.24) is 0 Å². The Balaban J connectivity index is 1.68. The fourth-order valence-electron chi connectivity index (χ4n) is 6.28. The summed E-state index contributed by atoms with van der Waals surface area (Å²) in [5.74, 6) is -2.49. The molecule has 0 aromatic rings. The molecule has 4 saturated heterocycles. The van der Waals surface area contributed by atoms with Crippen molar-refractivity contribution >= 4 is 17.9 Å². The highest BCUT2D eigenvalue weighted by Crippen LogP contribution is 2.36. The molecule has 0 bridgehead atoms. The lowest BCUT2D eigenvalue weighted by Gasteiger charge is -2.50. The van der Waals surface area contributed by atoms with Crippen molar-refractivity contribution in [1.29, 1.82) is 0 Å². The van der Waals surface area contributed by atoms with Crippen molar-refractivity contribution in [2.45, 2.75) is 171 Å². The number of carbonyl (C=O) groups is 3.